The standard InChI is InChI=1S/C68H132O17P2/c1-6-9-12-15-18-21-23-24-25-26-27-34-39-44-49-54-68(73)85-64(58-79-66(71)52-47-42-37-33-29-28-31-35-40-45-50-61(4)5)60-83-87(76,77)81-56-62(69)55-80-86(74,75)82-59-63(57-78-65(70)51-46-41-36-30-20-17-14-11-8-3)84-67(72)53-48-43-38-32-22-19-16-13-10-7-2/h61-64,69H,6-60H2,1-5H3,(H,74,75)(H,76,77)/t62-,63+,64+/m0/s1. The molecule has 0 aliphatic carbocycles. The van der Waals surface area contributed by atoms with Crippen LogP contribution in [0.3, 0.4) is 0 Å². The molecule has 0 rings (SSSR count). The Bertz CT molecular complexity index is 1690. The van der Waals surface area contributed by atoms with Crippen molar-refractivity contribution in [2.24, 2.45) is 5.92 Å². The highest BCUT2D eigenvalue weighted by molar-refractivity contribution is 7.47. The van der Waals surface area contributed by atoms with Crippen molar-refractivity contribution in [3.8, 4) is 0 Å². The van der Waals surface area contributed by atoms with Gasteiger partial charge in [-0.15, -0.1) is 0 Å². The quantitative estimate of drug-likeness (QED) is 0.0222. The molecule has 0 bridgehead atoms. The summed E-state index contributed by atoms with van der Waals surface area (Å²) in [4.78, 5) is 72.4. The van der Waals surface area contributed by atoms with Crippen molar-refractivity contribution in [2.75, 3.05) is 39.6 Å². The Labute approximate surface area is 530 Å². The SMILES string of the molecule is CCCCCCCCCCCCCCCCCC(=O)O[C@H](COC(=O)CCCCCCCCCCCCC(C)C)COP(=O)(O)OC[C@@H](O)COP(=O)(O)OC[C@@H](COC(=O)CCCCCCCCCCC)OC(=O)CCCCCCCCCCCC. The van der Waals surface area contributed by atoms with Gasteiger partial charge in [-0.05, 0) is 31.6 Å². The lowest BCUT2D eigenvalue weighted by molar-refractivity contribution is -0.161. The van der Waals surface area contributed by atoms with Gasteiger partial charge in [0.05, 0.1) is 26.4 Å². The number of aliphatic hydroxyl groups excluding tert-OH is 1. The first-order chi connectivity index (χ1) is 42.0. The first-order valence-electron chi connectivity index (χ1n) is 35.6. The molecule has 3 N–H and O–H groups in total. The van der Waals surface area contributed by atoms with Crippen molar-refractivity contribution in [2.45, 2.75) is 368 Å². The van der Waals surface area contributed by atoms with Gasteiger partial charge in [0.2, 0.25) is 0 Å². The normalized spacial score (nSPS) is 14.1. The second-order valence-corrected chi connectivity index (χ2v) is 27.9. The van der Waals surface area contributed by atoms with Crippen LogP contribution >= 0.6 is 15.6 Å². The van der Waals surface area contributed by atoms with Gasteiger partial charge >= 0.3 is 39.5 Å². The highest BCUT2D eigenvalue weighted by atomic mass is 31.2. The van der Waals surface area contributed by atoms with E-state index in [0.717, 1.165) is 95.8 Å². The van der Waals surface area contributed by atoms with E-state index in [0.29, 0.717) is 25.7 Å². The summed E-state index contributed by atoms with van der Waals surface area (Å²) in [6.45, 7) is 7.21. The molecule has 0 saturated carbocycles. The first-order valence-corrected chi connectivity index (χ1v) is 38.6. The zero-order valence-corrected chi connectivity index (χ0v) is 57.9. The number of ether oxygens (including phenoxy) is 4. The van der Waals surface area contributed by atoms with E-state index in [-0.39, 0.29) is 25.7 Å². The van der Waals surface area contributed by atoms with E-state index in [1.807, 2.05) is 0 Å². The molecule has 19 heteroatoms. The predicted molar refractivity (Wildman–Crippen MR) is 349 cm³/mol. The van der Waals surface area contributed by atoms with Crippen molar-refractivity contribution >= 4 is 39.5 Å². The number of phosphoric acid groups is 2. The molecule has 0 aromatic heterocycles. The molecule has 2 unspecified atom stereocenters. The Hall–Kier alpha value is -1.94. The summed E-state index contributed by atoms with van der Waals surface area (Å²) >= 11 is 0. The molecule has 0 spiro atoms. The Morgan fingerprint density at radius 3 is 0.782 bits per heavy atom. The van der Waals surface area contributed by atoms with Crippen molar-refractivity contribution in [3.63, 3.8) is 0 Å². The molecule has 87 heavy (non-hydrogen) atoms. The number of esters is 4. The minimum Gasteiger partial charge on any atom is -0.462 e. The van der Waals surface area contributed by atoms with Crippen LogP contribution in [0.1, 0.15) is 349 Å². The van der Waals surface area contributed by atoms with Crippen molar-refractivity contribution in [1.82, 2.24) is 0 Å². The maximum Gasteiger partial charge on any atom is 0.472 e. The zero-order chi connectivity index (χ0) is 64.2. The topological polar surface area (TPSA) is 237 Å². The summed E-state index contributed by atoms with van der Waals surface area (Å²) in [6.07, 6.45) is 47.1. The maximum atomic E-state index is 13.0. The predicted octanol–water partition coefficient (Wildman–Crippen LogP) is 19.4. The van der Waals surface area contributed by atoms with Gasteiger partial charge in [0.1, 0.15) is 19.3 Å². The van der Waals surface area contributed by atoms with Crippen molar-refractivity contribution in [1.29, 1.82) is 0 Å². The van der Waals surface area contributed by atoms with Gasteiger partial charge in [-0.3, -0.25) is 37.3 Å². The number of rotatable bonds is 68. The fourth-order valence-corrected chi connectivity index (χ4v) is 11.9. The van der Waals surface area contributed by atoms with E-state index in [9.17, 15) is 43.2 Å². The number of phosphoric ester groups is 2. The van der Waals surface area contributed by atoms with Gasteiger partial charge in [0, 0.05) is 25.7 Å². The summed E-state index contributed by atoms with van der Waals surface area (Å²) in [6, 6.07) is 0. The Balaban J connectivity index is 5.23. The molecule has 0 aromatic rings. The average Bonchev–Trinajstić information content (AvgIpc) is 3.70. The van der Waals surface area contributed by atoms with Gasteiger partial charge in [0.25, 0.3) is 0 Å². The second kappa shape index (κ2) is 61.6. The number of carbonyl (C=O) groups is 4. The Morgan fingerprint density at radius 1 is 0.310 bits per heavy atom. The molecule has 0 radical (unpaired) electrons. The number of hydrogen-bond acceptors (Lipinski definition) is 15. The molecular weight excluding hydrogens is 1150 g/mol. The summed E-state index contributed by atoms with van der Waals surface area (Å²) in [5.41, 5.74) is 0. The third kappa shape index (κ3) is 62.6. The Morgan fingerprint density at radius 2 is 0.529 bits per heavy atom. The van der Waals surface area contributed by atoms with E-state index in [2.05, 4.69) is 34.6 Å². The molecule has 0 fully saturated rings. The molecule has 0 aromatic carbocycles. The average molecular weight is 1280 g/mol. The molecule has 0 heterocycles. The fraction of sp³-hybridized carbons (Fsp3) is 0.941. The first kappa shape index (κ1) is 85.1. The zero-order valence-electron chi connectivity index (χ0n) is 56.2. The number of aliphatic hydroxyl groups is 1. The van der Waals surface area contributed by atoms with Crippen LogP contribution in [-0.4, -0.2) is 96.7 Å². The molecular formula is C68H132O17P2. The second-order valence-electron chi connectivity index (χ2n) is 25.0. The lowest BCUT2D eigenvalue weighted by atomic mass is 10.0. The van der Waals surface area contributed by atoms with Gasteiger partial charge in [-0.1, -0.05) is 298 Å². The van der Waals surface area contributed by atoms with Gasteiger partial charge in [0.15, 0.2) is 12.2 Å². The highest BCUT2D eigenvalue weighted by Gasteiger charge is 2.30. The molecule has 0 aliphatic rings. The van der Waals surface area contributed by atoms with Crippen LogP contribution in [0.15, 0.2) is 0 Å². The maximum absolute atomic E-state index is 13.0. The molecule has 0 saturated heterocycles. The van der Waals surface area contributed by atoms with Crippen LogP contribution in [0.25, 0.3) is 0 Å². The van der Waals surface area contributed by atoms with E-state index in [1.165, 1.54) is 173 Å². The summed E-state index contributed by atoms with van der Waals surface area (Å²) < 4.78 is 68.1. The number of carbonyl (C=O) groups excluding carboxylic acids is 4. The van der Waals surface area contributed by atoms with Gasteiger partial charge < -0.3 is 33.8 Å². The number of hydrogen-bond donors (Lipinski definition) is 3. The summed E-state index contributed by atoms with van der Waals surface area (Å²) in [7, 11) is -9.89. The minimum atomic E-state index is -4.95. The van der Waals surface area contributed by atoms with Gasteiger partial charge in [-0.2, -0.15) is 0 Å². The smallest absolute Gasteiger partial charge is 0.462 e. The van der Waals surface area contributed by atoms with E-state index in [4.69, 9.17) is 37.0 Å². The monoisotopic (exact) mass is 1280 g/mol. The van der Waals surface area contributed by atoms with Crippen molar-refractivity contribution in [3.05, 3.63) is 0 Å². The number of unbranched alkanes of at least 4 members (excludes halogenated alkanes) is 40. The Kier molecular flexibility index (Phi) is 60.2. The fourth-order valence-electron chi connectivity index (χ4n) is 10.3. The lowest BCUT2D eigenvalue weighted by Gasteiger charge is -2.21. The third-order valence-corrected chi connectivity index (χ3v) is 17.7. The lowest BCUT2D eigenvalue weighted by Crippen LogP contribution is -2.30. The van der Waals surface area contributed by atoms with Crippen LogP contribution < -0.4 is 0 Å². The van der Waals surface area contributed by atoms with E-state index >= 15 is 0 Å². The van der Waals surface area contributed by atoms with Gasteiger partial charge in [-0.25, -0.2) is 9.13 Å². The molecule has 0 aliphatic heterocycles. The molecule has 17 nitrogen and oxygen atoms in total. The van der Waals surface area contributed by atoms with Crippen LogP contribution in [-0.2, 0) is 65.4 Å². The largest absolute Gasteiger partial charge is 0.472 e. The van der Waals surface area contributed by atoms with Crippen LogP contribution in [0, 0.1) is 5.92 Å². The van der Waals surface area contributed by atoms with Crippen LogP contribution in [0.5, 0.6) is 0 Å². The molecule has 0 amide bonds. The van der Waals surface area contributed by atoms with Crippen molar-refractivity contribution < 1.29 is 80.2 Å². The summed E-state index contributed by atoms with van der Waals surface area (Å²) in [5, 5.41) is 10.6. The minimum absolute atomic E-state index is 0.107. The van der Waals surface area contributed by atoms with Crippen LogP contribution in [0.4, 0.5) is 0 Å². The summed E-state index contributed by atoms with van der Waals surface area (Å²) in [5.74, 6) is -1.37. The van der Waals surface area contributed by atoms with E-state index < -0.39 is 97.5 Å². The third-order valence-electron chi connectivity index (χ3n) is 15.8. The van der Waals surface area contributed by atoms with Crippen LogP contribution in [0.2, 0.25) is 0 Å². The molecule has 5 atom stereocenters. The molecule has 516 valence electrons. The van der Waals surface area contributed by atoms with E-state index in [1.54, 1.807) is 0 Å². The highest BCUT2D eigenvalue weighted by Crippen LogP contribution is 2.45.